The van der Waals surface area contributed by atoms with E-state index in [0.29, 0.717) is 12.0 Å². The third kappa shape index (κ3) is 3.46. The van der Waals surface area contributed by atoms with Gasteiger partial charge >= 0.3 is 0 Å². The second-order valence-electron chi connectivity index (χ2n) is 8.40. The Labute approximate surface area is 180 Å². The molecule has 1 aliphatic heterocycles. The standard InChI is InChI=1S/C23H26N8/c1-2-29-9-11-30(12-10-29)19-7-8-20(24-15-19)27-23-25-13-16-3-4-17-14-26-31(18-5-6-18)22(17)21(16)28-23/h3-4,7-8,13-15,18H,2,5-6,9-12H2,1H3,(H,24,25,27,28). The SMILES string of the molecule is CCN1CCN(c2ccc(Nc3ncc4ccc5cnn(C6CC6)c5c4n3)nc2)CC1. The van der Waals surface area contributed by atoms with Crippen molar-refractivity contribution in [2.24, 2.45) is 0 Å². The molecule has 0 radical (unpaired) electrons. The predicted molar refractivity (Wildman–Crippen MR) is 123 cm³/mol. The van der Waals surface area contributed by atoms with Gasteiger partial charge < -0.3 is 15.1 Å². The average Bonchev–Trinajstić information content (AvgIpc) is 3.57. The van der Waals surface area contributed by atoms with Gasteiger partial charge in [-0.1, -0.05) is 19.1 Å². The van der Waals surface area contributed by atoms with Crippen LogP contribution >= 0.6 is 0 Å². The van der Waals surface area contributed by atoms with Crippen molar-refractivity contribution in [3.63, 3.8) is 0 Å². The minimum absolute atomic E-state index is 0.503. The zero-order chi connectivity index (χ0) is 20.8. The van der Waals surface area contributed by atoms with Crippen molar-refractivity contribution >= 4 is 39.3 Å². The Kier molecular flexibility index (Phi) is 4.45. The van der Waals surface area contributed by atoms with E-state index in [9.17, 15) is 0 Å². The lowest BCUT2D eigenvalue weighted by molar-refractivity contribution is 0.271. The van der Waals surface area contributed by atoms with E-state index in [0.717, 1.165) is 66.0 Å². The summed E-state index contributed by atoms with van der Waals surface area (Å²) in [5.74, 6) is 1.30. The Morgan fingerprint density at radius 2 is 1.77 bits per heavy atom. The van der Waals surface area contributed by atoms with E-state index in [-0.39, 0.29) is 0 Å². The normalized spacial score (nSPS) is 17.5. The minimum atomic E-state index is 0.503. The third-order valence-corrected chi connectivity index (χ3v) is 6.37. The highest BCUT2D eigenvalue weighted by Gasteiger charge is 2.27. The molecule has 8 nitrogen and oxygen atoms in total. The largest absolute Gasteiger partial charge is 0.368 e. The number of hydrogen-bond donors (Lipinski definition) is 1. The molecule has 4 heterocycles. The van der Waals surface area contributed by atoms with Crippen LogP contribution < -0.4 is 10.2 Å². The number of anilines is 3. The molecule has 2 aliphatic rings. The topological polar surface area (TPSA) is 75.0 Å². The Balaban J connectivity index is 1.25. The monoisotopic (exact) mass is 414 g/mol. The summed E-state index contributed by atoms with van der Waals surface area (Å²) in [6.07, 6.45) is 8.12. The second kappa shape index (κ2) is 7.46. The van der Waals surface area contributed by atoms with Gasteiger partial charge in [0.25, 0.3) is 0 Å². The first-order chi connectivity index (χ1) is 15.3. The van der Waals surface area contributed by atoms with Crippen LogP contribution in [0, 0.1) is 0 Å². The van der Waals surface area contributed by atoms with Crippen molar-refractivity contribution in [2.75, 3.05) is 42.9 Å². The van der Waals surface area contributed by atoms with Gasteiger partial charge in [-0.2, -0.15) is 5.10 Å². The van der Waals surface area contributed by atoms with Gasteiger partial charge in [0.05, 0.1) is 29.6 Å². The maximum Gasteiger partial charge on any atom is 0.228 e. The lowest BCUT2D eigenvalue weighted by Gasteiger charge is -2.35. The van der Waals surface area contributed by atoms with Crippen LogP contribution in [0.4, 0.5) is 17.5 Å². The molecule has 0 unspecified atom stereocenters. The van der Waals surface area contributed by atoms with Gasteiger partial charge in [0.2, 0.25) is 5.95 Å². The van der Waals surface area contributed by atoms with E-state index in [4.69, 9.17) is 4.98 Å². The fraction of sp³-hybridized carbons (Fsp3) is 0.391. The Morgan fingerprint density at radius 3 is 2.52 bits per heavy atom. The first-order valence-corrected chi connectivity index (χ1v) is 11.1. The predicted octanol–water partition coefficient (Wildman–Crippen LogP) is 3.59. The molecule has 158 valence electrons. The molecule has 1 saturated heterocycles. The van der Waals surface area contributed by atoms with Crippen LogP contribution in [0.1, 0.15) is 25.8 Å². The molecule has 0 atom stereocenters. The van der Waals surface area contributed by atoms with Crippen molar-refractivity contribution in [3.8, 4) is 0 Å². The molecular formula is C23H26N8. The highest BCUT2D eigenvalue weighted by atomic mass is 15.3. The molecule has 3 aromatic heterocycles. The number of fused-ring (bicyclic) bond motifs is 3. The lowest BCUT2D eigenvalue weighted by Crippen LogP contribution is -2.46. The summed E-state index contributed by atoms with van der Waals surface area (Å²) >= 11 is 0. The summed E-state index contributed by atoms with van der Waals surface area (Å²) in [4.78, 5) is 18.8. The average molecular weight is 415 g/mol. The first-order valence-electron chi connectivity index (χ1n) is 11.1. The molecule has 1 aromatic carbocycles. The quantitative estimate of drug-likeness (QED) is 0.535. The van der Waals surface area contributed by atoms with Gasteiger partial charge in [-0.15, -0.1) is 0 Å². The smallest absolute Gasteiger partial charge is 0.228 e. The summed E-state index contributed by atoms with van der Waals surface area (Å²) in [7, 11) is 0. The van der Waals surface area contributed by atoms with E-state index in [1.165, 1.54) is 12.8 Å². The van der Waals surface area contributed by atoms with Crippen molar-refractivity contribution in [1.82, 2.24) is 29.6 Å². The highest BCUT2D eigenvalue weighted by molar-refractivity contribution is 6.03. The number of piperazine rings is 1. The molecule has 31 heavy (non-hydrogen) atoms. The van der Waals surface area contributed by atoms with Crippen LogP contribution in [0.25, 0.3) is 21.8 Å². The summed E-state index contributed by atoms with van der Waals surface area (Å²) < 4.78 is 2.12. The van der Waals surface area contributed by atoms with E-state index in [2.05, 4.69) is 60.0 Å². The third-order valence-electron chi connectivity index (χ3n) is 6.37. The molecule has 6 rings (SSSR count). The molecule has 2 fully saturated rings. The summed E-state index contributed by atoms with van der Waals surface area (Å²) in [5, 5.41) is 10.0. The van der Waals surface area contributed by atoms with Crippen molar-refractivity contribution in [2.45, 2.75) is 25.8 Å². The number of aromatic nitrogens is 5. The van der Waals surface area contributed by atoms with Gasteiger partial charge in [-0.25, -0.2) is 15.0 Å². The van der Waals surface area contributed by atoms with Crippen LogP contribution in [-0.4, -0.2) is 62.4 Å². The number of nitrogens with one attached hydrogen (secondary N) is 1. The number of likely N-dealkylation sites (N-methyl/N-ethyl adjacent to an activating group) is 1. The van der Waals surface area contributed by atoms with Crippen LogP contribution in [0.5, 0.6) is 0 Å². The number of hydrogen-bond acceptors (Lipinski definition) is 7. The van der Waals surface area contributed by atoms with Crippen LogP contribution in [0.2, 0.25) is 0 Å². The van der Waals surface area contributed by atoms with Gasteiger partial charge in [0.1, 0.15) is 11.3 Å². The number of pyridine rings is 1. The zero-order valence-corrected chi connectivity index (χ0v) is 17.7. The molecule has 1 N–H and O–H groups in total. The molecule has 1 aliphatic carbocycles. The number of benzene rings is 1. The molecule has 0 bridgehead atoms. The molecule has 8 heteroatoms. The van der Waals surface area contributed by atoms with Gasteiger partial charge in [-0.05, 0) is 31.5 Å². The molecule has 0 amide bonds. The lowest BCUT2D eigenvalue weighted by atomic mass is 10.2. The van der Waals surface area contributed by atoms with Gasteiger partial charge in [-0.3, -0.25) is 4.68 Å². The molecule has 4 aromatic rings. The molecular weight excluding hydrogens is 388 g/mol. The highest BCUT2D eigenvalue weighted by Crippen LogP contribution is 2.38. The van der Waals surface area contributed by atoms with E-state index in [1.807, 2.05) is 24.7 Å². The maximum atomic E-state index is 4.83. The Bertz CT molecular complexity index is 1220. The number of nitrogens with zero attached hydrogens (tertiary/aromatic N) is 7. The first kappa shape index (κ1) is 18.5. The second-order valence-corrected chi connectivity index (χ2v) is 8.40. The van der Waals surface area contributed by atoms with E-state index >= 15 is 0 Å². The van der Waals surface area contributed by atoms with Gasteiger partial charge in [0.15, 0.2) is 0 Å². The van der Waals surface area contributed by atoms with E-state index in [1.54, 1.807) is 0 Å². The zero-order valence-electron chi connectivity index (χ0n) is 17.7. The summed E-state index contributed by atoms with van der Waals surface area (Å²) in [5.41, 5.74) is 3.19. The Hall–Kier alpha value is -3.26. The summed E-state index contributed by atoms with van der Waals surface area (Å²) in [6, 6.07) is 8.79. The molecule has 1 saturated carbocycles. The molecule has 0 spiro atoms. The maximum absolute atomic E-state index is 4.83. The fourth-order valence-corrected chi connectivity index (χ4v) is 4.37. The van der Waals surface area contributed by atoms with Gasteiger partial charge in [0, 0.05) is 43.1 Å². The van der Waals surface area contributed by atoms with Crippen LogP contribution in [-0.2, 0) is 0 Å². The van der Waals surface area contributed by atoms with Crippen LogP contribution in [0.15, 0.2) is 42.9 Å². The summed E-state index contributed by atoms with van der Waals surface area (Å²) in [6.45, 7) is 7.63. The number of rotatable bonds is 5. The van der Waals surface area contributed by atoms with E-state index < -0.39 is 0 Å². The van der Waals surface area contributed by atoms with Crippen molar-refractivity contribution in [3.05, 3.63) is 42.9 Å². The fourth-order valence-electron chi connectivity index (χ4n) is 4.37. The van der Waals surface area contributed by atoms with Crippen molar-refractivity contribution in [1.29, 1.82) is 0 Å². The minimum Gasteiger partial charge on any atom is -0.368 e. The Morgan fingerprint density at radius 1 is 0.935 bits per heavy atom. The van der Waals surface area contributed by atoms with Crippen molar-refractivity contribution < 1.29 is 0 Å². The van der Waals surface area contributed by atoms with Crippen LogP contribution in [0.3, 0.4) is 0 Å².